The summed E-state index contributed by atoms with van der Waals surface area (Å²) in [6, 6.07) is 10.6. The molecule has 0 unspecified atom stereocenters. The number of unbranched alkanes of at least 4 members (excludes halogenated alkanes) is 1. The lowest BCUT2D eigenvalue weighted by Crippen LogP contribution is -2.24. The van der Waals surface area contributed by atoms with Gasteiger partial charge < -0.3 is 10.4 Å². The smallest absolute Gasteiger partial charge is 0.220 e. The van der Waals surface area contributed by atoms with Crippen LogP contribution in [0.15, 0.2) is 42.5 Å². The molecule has 3 nitrogen and oxygen atoms in total. The summed E-state index contributed by atoms with van der Waals surface area (Å²) < 4.78 is 0. The van der Waals surface area contributed by atoms with Crippen molar-refractivity contribution in [3.8, 4) is 0 Å². The highest BCUT2D eigenvalue weighted by Gasteiger charge is 2.18. The molecule has 1 aliphatic heterocycles. The Morgan fingerprint density at radius 3 is 2.77 bits per heavy atom. The summed E-state index contributed by atoms with van der Waals surface area (Å²) >= 11 is 0. The number of aryl methyl sites for hydroxylation is 1. The van der Waals surface area contributed by atoms with E-state index in [1.54, 1.807) is 0 Å². The number of hydrogen-bond donors (Lipinski definition) is 2. The Morgan fingerprint density at radius 1 is 1.32 bits per heavy atom. The van der Waals surface area contributed by atoms with Gasteiger partial charge in [-0.1, -0.05) is 55.8 Å². The zero-order chi connectivity index (χ0) is 15.8. The maximum atomic E-state index is 11.1. The number of benzene rings is 1. The summed E-state index contributed by atoms with van der Waals surface area (Å²) in [4.78, 5) is 11.1. The van der Waals surface area contributed by atoms with Crippen LogP contribution < -0.4 is 5.32 Å². The first kappa shape index (κ1) is 16.8. The van der Waals surface area contributed by atoms with Crippen molar-refractivity contribution in [2.45, 2.75) is 57.6 Å². The predicted octanol–water partition coefficient (Wildman–Crippen LogP) is 3.23. The maximum Gasteiger partial charge on any atom is 0.220 e. The van der Waals surface area contributed by atoms with Gasteiger partial charge in [-0.2, -0.15) is 0 Å². The van der Waals surface area contributed by atoms with Crippen molar-refractivity contribution in [1.29, 1.82) is 0 Å². The fraction of sp³-hybridized carbons (Fsp3) is 0.526. The van der Waals surface area contributed by atoms with Crippen LogP contribution in [0.4, 0.5) is 0 Å². The molecule has 1 fully saturated rings. The molecule has 1 aliphatic rings. The highest BCUT2D eigenvalue weighted by atomic mass is 16.3. The number of nitrogens with one attached hydrogen (secondary N) is 1. The van der Waals surface area contributed by atoms with Crippen molar-refractivity contribution in [3.63, 3.8) is 0 Å². The third kappa shape index (κ3) is 5.64. The van der Waals surface area contributed by atoms with Crippen molar-refractivity contribution >= 4 is 5.91 Å². The Labute approximate surface area is 133 Å². The molecule has 0 saturated carbocycles. The first-order valence-electron chi connectivity index (χ1n) is 8.35. The van der Waals surface area contributed by atoms with Gasteiger partial charge in [0.1, 0.15) is 0 Å². The molecule has 1 saturated heterocycles. The average molecular weight is 301 g/mol. The summed E-state index contributed by atoms with van der Waals surface area (Å²) in [5, 5.41) is 13.0. The van der Waals surface area contributed by atoms with E-state index in [0.29, 0.717) is 6.42 Å². The number of aliphatic hydroxyl groups excluding tert-OH is 1. The minimum Gasteiger partial charge on any atom is -0.389 e. The number of hydrogen-bond acceptors (Lipinski definition) is 2. The fourth-order valence-electron chi connectivity index (χ4n) is 2.83. The number of aliphatic hydroxyl groups is 1. The van der Waals surface area contributed by atoms with Gasteiger partial charge in [0.05, 0.1) is 6.10 Å². The molecule has 0 spiro atoms. The molecule has 1 aromatic carbocycles. The van der Waals surface area contributed by atoms with Gasteiger partial charge in [-0.3, -0.25) is 4.79 Å². The maximum absolute atomic E-state index is 11.1. The van der Waals surface area contributed by atoms with Gasteiger partial charge in [0.2, 0.25) is 5.91 Å². The molecule has 0 aliphatic carbocycles. The second kappa shape index (κ2) is 8.74. The zero-order valence-corrected chi connectivity index (χ0v) is 13.4. The van der Waals surface area contributed by atoms with Crippen LogP contribution in [-0.2, 0) is 11.2 Å². The molecule has 2 N–H and O–H groups in total. The second-order valence-corrected chi connectivity index (χ2v) is 6.30. The Bertz CT molecular complexity index is 483. The highest BCUT2D eigenvalue weighted by molar-refractivity contribution is 5.78. The first-order valence-corrected chi connectivity index (χ1v) is 8.35. The van der Waals surface area contributed by atoms with E-state index in [4.69, 9.17) is 0 Å². The Balaban J connectivity index is 1.62. The van der Waals surface area contributed by atoms with Crippen molar-refractivity contribution < 1.29 is 9.90 Å². The number of carbonyl (C=O) groups excluding carboxylic acids is 1. The normalized spacial score (nSPS) is 21.0. The molecule has 1 amide bonds. The van der Waals surface area contributed by atoms with Crippen LogP contribution in [0.2, 0.25) is 0 Å². The number of rotatable bonds is 8. The third-order valence-electron chi connectivity index (χ3n) is 4.37. The van der Waals surface area contributed by atoms with Crippen LogP contribution in [0.25, 0.3) is 0 Å². The molecule has 2 rings (SSSR count). The molecule has 3 atom stereocenters. The Morgan fingerprint density at radius 2 is 2.09 bits per heavy atom. The van der Waals surface area contributed by atoms with E-state index in [-0.39, 0.29) is 17.9 Å². The molecule has 1 heterocycles. The Kier molecular flexibility index (Phi) is 6.66. The van der Waals surface area contributed by atoms with E-state index in [2.05, 4.69) is 36.5 Å². The molecule has 22 heavy (non-hydrogen) atoms. The van der Waals surface area contributed by atoms with E-state index in [0.717, 1.165) is 32.1 Å². The van der Waals surface area contributed by atoms with Crippen molar-refractivity contribution in [2.24, 2.45) is 5.92 Å². The number of carbonyl (C=O) groups is 1. The third-order valence-corrected chi connectivity index (χ3v) is 4.37. The highest BCUT2D eigenvalue weighted by Crippen LogP contribution is 2.16. The van der Waals surface area contributed by atoms with E-state index >= 15 is 0 Å². The summed E-state index contributed by atoms with van der Waals surface area (Å²) in [7, 11) is 0. The van der Waals surface area contributed by atoms with Crippen molar-refractivity contribution in [3.05, 3.63) is 48.0 Å². The summed E-state index contributed by atoms with van der Waals surface area (Å²) in [5.41, 5.74) is 1.38. The van der Waals surface area contributed by atoms with E-state index in [1.165, 1.54) is 5.56 Å². The van der Waals surface area contributed by atoms with Gasteiger partial charge in [-0.05, 0) is 37.2 Å². The molecule has 0 radical (unpaired) electrons. The summed E-state index contributed by atoms with van der Waals surface area (Å²) in [6.07, 6.45) is 9.21. The van der Waals surface area contributed by atoms with Gasteiger partial charge in [0.15, 0.2) is 0 Å². The van der Waals surface area contributed by atoms with Crippen molar-refractivity contribution in [2.75, 3.05) is 0 Å². The molecule has 0 aromatic heterocycles. The SMILES string of the molecule is C[C@H](CCCCc1ccccc1)[C@H](O)/C=C/[C@H]1CCC(=O)N1. The lowest BCUT2D eigenvalue weighted by atomic mass is 9.95. The Hall–Kier alpha value is -1.61. The zero-order valence-electron chi connectivity index (χ0n) is 13.4. The molecule has 0 bridgehead atoms. The monoisotopic (exact) mass is 301 g/mol. The van der Waals surface area contributed by atoms with Crippen molar-refractivity contribution in [1.82, 2.24) is 5.32 Å². The molecule has 1 aromatic rings. The predicted molar refractivity (Wildman–Crippen MR) is 89.5 cm³/mol. The van der Waals surface area contributed by atoms with Gasteiger partial charge in [0, 0.05) is 12.5 Å². The van der Waals surface area contributed by atoms with Crippen LogP contribution in [0, 0.1) is 5.92 Å². The van der Waals surface area contributed by atoms with Gasteiger partial charge in [0.25, 0.3) is 0 Å². The largest absolute Gasteiger partial charge is 0.389 e. The van der Waals surface area contributed by atoms with Crippen LogP contribution >= 0.6 is 0 Å². The van der Waals surface area contributed by atoms with Gasteiger partial charge >= 0.3 is 0 Å². The first-order chi connectivity index (χ1) is 10.6. The van der Waals surface area contributed by atoms with Crippen LogP contribution in [-0.4, -0.2) is 23.2 Å². The van der Waals surface area contributed by atoms with Crippen LogP contribution in [0.1, 0.15) is 44.6 Å². The molecule has 3 heteroatoms. The minimum atomic E-state index is -0.422. The number of amides is 1. The second-order valence-electron chi connectivity index (χ2n) is 6.30. The fourth-order valence-corrected chi connectivity index (χ4v) is 2.83. The van der Waals surface area contributed by atoms with Crippen LogP contribution in [0.5, 0.6) is 0 Å². The van der Waals surface area contributed by atoms with E-state index in [9.17, 15) is 9.90 Å². The lowest BCUT2D eigenvalue weighted by molar-refractivity contribution is -0.119. The van der Waals surface area contributed by atoms with Crippen LogP contribution in [0.3, 0.4) is 0 Å². The molecular formula is C19H27NO2. The minimum absolute atomic E-state index is 0.104. The lowest BCUT2D eigenvalue weighted by Gasteiger charge is -2.16. The topological polar surface area (TPSA) is 49.3 Å². The van der Waals surface area contributed by atoms with Gasteiger partial charge in [-0.25, -0.2) is 0 Å². The van der Waals surface area contributed by atoms with Gasteiger partial charge in [-0.15, -0.1) is 0 Å². The molecule has 120 valence electrons. The van der Waals surface area contributed by atoms with E-state index in [1.807, 2.05) is 18.2 Å². The standard InChI is InChI=1S/C19H27NO2/c1-15(7-5-6-10-16-8-3-2-4-9-16)18(21)13-11-17-12-14-19(22)20-17/h2-4,8-9,11,13,15,17-18,21H,5-7,10,12,14H2,1H3,(H,20,22)/b13-11+/t15-,17+,18-/m1/s1. The summed E-state index contributed by atoms with van der Waals surface area (Å²) in [6.45, 7) is 2.09. The quantitative estimate of drug-likeness (QED) is 0.572. The summed E-state index contributed by atoms with van der Waals surface area (Å²) in [5.74, 6) is 0.363. The molecular weight excluding hydrogens is 274 g/mol. The van der Waals surface area contributed by atoms with E-state index < -0.39 is 6.10 Å². The average Bonchev–Trinajstić information content (AvgIpc) is 2.95.